The third kappa shape index (κ3) is 0.957. The van der Waals surface area contributed by atoms with Gasteiger partial charge in [0.25, 0.3) is 0 Å². The summed E-state index contributed by atoms with van der Waals surface area (Å²) in [7, 11) is 2.22. The zero-order valence-corrected chi connectivity index (χ0v) is 8.47. The number of hydrogen-bond acceptors (Lipinski definition) is 4. The van der Waals surface area contributed by atoms with E-state index in [1.54, 1.807) is 11.3 Å². The average Bonchev–Trinajstić information content (AvgIpc) is 2.54. The van der Waals surface area contributed by atoms with E-state index in [1.165, 1.54) is 23.4 Å². The zero-order chi connectivity index (χ0) is 9.00. The molecular weight excluding hydrogens is 182 g/mol. The molecule has 13 heavy (non-hydrogen) atoms. The SMILES string of the molecule is CN1[C@@H]2CC[C@H]1c1sc(N)nc1C2. The summed E-state index contributed by atoms with van der Waals surface area (Å²) >= 11 is 1.68. The molecule has 3 rings (SSSR count). The molecule has 0 radical (unpaired) electrons. The smallest absolute Gasteiger partial charge is 0.180 e. The fourth-order valence-corrected chi connectivity index (χ4v) is 3.63. The van der Waals surface area contributed by atoms with Gasteiger partial charge in [0, 0.05) is 23.4 Å². The zero-order valence-electron chi connectivity index (χ0n) is 7.66. The Morgan fingerprint density at radius 3 is 3.23 bits per heavy atom. The fourth-order valence-electron chi connectivity index (χ4n) is 2.59. The first-order chi connectivity index (χ1) is 6.25. The number of thiazole rings is 1. The number of rotatable bonds is 0. The van der Waals surface area contributed by atoms with E-state index in [0.717, 1.165) is 17.6 Å². The molecule has 3 heterocycles. The van der Waals surface area contributed by atoms with Crippen LogP contribution in [0.3, 0.4) is 0 Å². The van der Waals surface area contributed by atoms with Gasteiger partial charge in [0.05, 0.1) is 5.69 Å². The third-order valence-electron chi connectivity index (χ3n) is 3.32. The van der Waals surface area contributed by atoms with Crippen LogP contribution in [-0.2, 0) is 6.42 Å². The number of nitrogens with zero attached hydrogens (tertiary/aromatic N) is 2. The predicted molar refractivity (Wildman–Crippen MR) is 53.8 cm³/mol. The molecule has 1 aromatic rings. The molecule has 0 unspecified atom stereocenters. The summed E-state index contributed by atoms with van der Waals surface area (Å²) in [6.07, 6.45) is 3.72. The quantitative estimate of drug-likeness (QED) is 0.680. The average molecular weight is 195 g/mol. The van der Waals surface area contributed by atoms with Gasteiger partial charge >= 0.3 is 0 Å². The van der Waals surface area contributed by atoms with E-state index in [2.05, 4.69) is 16.9 Å². The first-order valence-corrected chi connectivity index (χ1v) is 5.54. The van der Waals surface area contributed by atoms with Gasteiger partial charge < -0.3 is 5.73 Å². The molecule has 0 spiro atoms. The van der Waals surface area contributed by atoms with Crippen molar-refractivity contribution in [3.63, 3.8) is 0 Å². The highest BCUT2D eigenvalue weighted by Crippen LogP contribution is 2.45. The molecule has 0 aromatic carbocycles. The van der Waals surface area contributed by atoms with Crippen molar-refractivity contribution < 1.29 is 0 Å². The first-order valence-electron chi connectivity index (χ1n) is 4.72. The Labute approximate surface area is 81.6 Å². The van der Waals surface area contributed by atoms with E-state index in [4.69, 9.17) is 5.73 Å². The van der Waals surface area contributed by atoms with Gasteiger partial charge in [-0.05, 0) is 19.9 Å². The normalized spacial score (nSPS) is 32.1. The van der Waals surface area contributed by atoms with Crippen LogP contribution in [0.4, 0.5) is 5.13 Å². The number of likely N-dealkylation sites (N-methyl/N-ethyl adjacent to an activating group) is 1. The van der Waals surface area contributed by atoms with Gasteiger partial charge in [-0.25, -0.2) is 4.98 Å². The molecule has 70 valence electrons. The number of aromatic nitrogens is 1. The summed E-state index contributed by atoms with van der Waals surface area (Å²) in [6, 6.07) is 1.34. The van der Waals surface area contributed by atoms with Crippen LogP contribution < -0.4 is 5.73 Å². The molecule has 1 fully saturated rings. The summed E-state index contributed by atoms with van der Waals surface area (Å²) in [5.41, 5.74) is 7.00. The van der Waals surface area contributed by atoms with Crippen LogP contribution in [0, 0.1) is 0 Å². The molecule has 0 saturated carbocycles. The van der Waals surface area contributed by atoms with E-state index in [0.29, 0.717) is 6.04 Å². The molecule has 2 aliphatic rings. The Kier molecular flexibility index (Phi) is 1.46. The van der Waals surface area contributed by atoms with Gasteiger partial charge in [0.2, 0.25) is 0 Å². The molecule has 2 aliphatic heterocycles. The molecule has 2 atom stereocenters. The maximum absolute atomic E-state index is 5.72. The standard InChI is InChI=1S/C9H13N3S/c1-12-5-2-3-7(12)8-6(4-5)11-9(10)13-8/h5,7H,2-4H2,1H3,(H2,10,11)/t5-,7+/m1/s1. The van der Waals surface area contributed by atoms with Crippen LogP contribution >= 0.6 is 11.3 Å². The Morgan fingerprint density at radius 1 is 1.54 bits per heavy atom. The molecule has 1 saturated heterocycles. The maximum atomic E-state index is 5.72. The minimum Gasteiger partial charge on any atom is -0.375 e. The second-order valence-corrected chi connectivity index (χ2v) is 5.04. The molecule has 2 N–H and O–H groups in total. The van der Waals surface area contributed by atoms with Crippen LogP contribution in [0.25, 0.3) is 0 Å². The Hall–Kier alpha value is -0.610. The monoisotopic (exact) mass is 195 g/mol. The lowest BCUT2D eigenvalue weighted by Crippen LogP contribution is -2.33. The number of hydrogen-bond donors (Lipinski definition) is 1. The number of nitrogens with two attached hydrogens (primary N) is 1. The predicted octanol–water partition coefficient (Wildman–Crippen LogP) is 1.42. The lowest BCUT2D eigenvalue weighted by atomic mass is 10.1. The van der Waals surface area contributed by atoms with Crippen molar-refractivity contribution in [2.24, 2.45) is 0 Å². The highest BCUT2D eigenvalue weighted by molar-refractivity contribution is 7.15. The minimum absolute atomic E-state index is 0.614. The topological polar surface area (TPSA) is 42.1 Å². The Morgan fingerprint density at radius 2 is 2.38 bits per heavy atom. The van der Waals surface area contributed by atoms with Crippen LogP contribution in [0.15, 0.2) is 0 Å². The lowest BCUT2D eigenvalue weighted by Gasteiger charge is -2.29. The summed E-state index contributed by atoms with van der Waals surface area (Å²) < 4.78 is 0. The van der Waals surface area contributed by atoms with Gasteiger partial charge in [-0.3, -0.25) is 4.90 Å². The van der Waals surface area contributed by atoms with Crippen LogP contribution in [0.5, 0.6) is 0 Å². The van der Waals surface area contributed by atoms with Crippen molar-refractivity contribution in [1.82, 2.24) is 9.88 Å². The lowest BCUT2D eigenvalue weighted by molar-refractivity contribution is 0.226. The highest BCUT2D eigenvalue weighted by Gasteiger charge is 2.39. The molecule has 1 aromatic heterocycles. The Bertz CT molecular complexity index is 347. The first kappa shape index (κ1) is 7.76. The second-order valence-electron chi connectivity index (χ2n) is 3.98. The van der Waals surface area contributed by atoms with Crippen molar-refractivity contribution in [3.05, 3.63) is 10.6 Å². The van der Waals surface area contributed by atoms with Crippen molar-refractivity contribution >= 4 is 16.5 Å². The van der Waals surface area contributed by atoms with Crippen LogP contribution in [0.1, 0.15) is 29.5 Å². The van der Waals surface area contributed by atoms with Gasteiger partial charge in [-0.1, -0.05) is 0 Å². The molecule has 2 bridgehead atoms. The van der Waals surface area contributed by atoms with E-state index in [9.17, 15) is 0 Å². The van der Waals surface area contributed by atoms with Crippen LogP contribution in [0.2, 0.25) is 0 Å². The summed E-state index contributed by atoms with van der Waals surface area (Å²) in [5, 5.41) is 0.742. The third-order valence-corrected chi connectivity index (χ3v) is 4.34. The van der Waals surface area contributed by atoms with Crippen molar-refractivity contribution in [1.29, 1.82) is 0 Å². The fraction of sp³-hybridized carbons (Fsp3) is 0.667. The molecular formula is C9H13N3S. The van der Waals surface area contributed by atoms with Gasteiger partial charge in [-0.15, -0.1) is 11.3 Å². The molecule has 0 aliphatic carbocycles. The van der Waals surface area contributed by atoms with Crippen molar-refractivity contribution in [2.45, 2.75) is 31.3 Å². The van der Waals surface area contributed by atoms with Crippen molar-refractivity contribution in [3.8, 4) is 0 Å². The summed E-state index contributed by atoms with van der Waals surface area (Å²) in [5.74, 6) is 0. The molecule has 3 nitrogen and oxygen atoms in total. The second kappa shape index (κ2) is 2.45. The largest absolute Gasteiger partial charge is 0.375 e. The van der Waals surface area contributed by atoms with Crippen LogP contribution in [-0.4, -0.2) is 23.0 Å². The summed E-state index contributed by atoms with van der Waals surface area (Å²) in [4.78, 5) is 8.31. The number of nitrogen functional groups attached to an aromatic ring is 1. The maximum Gasteiger partial charge on any atom is 0.180 e. The van der Waals surface area contributed by atoms with Crippen molar-refractivity contribution in [2.75, 3.05) is 12.8 Å². The van der Waals surface area contributed by atoms with E-state index < -0.39 is 0 Å². The number of anilines is 1. The number of fused-ring (bicyclic) bond motifs is 4. The van der Waals surface area contributed by atoms with Gasteiger partial charge in [0.15, 0.2) is 5.13 Å². The summed E-state index contributed by atoms with van der Waals surface area (Å²) in [6.45, 7) is 0. The van der Waals surface area contributed by atoms with Gasteiger partial charge in [-0.2, -0.15) is 0 Å². The Balaban J connectivity index is 2.11. The van der Waals surface area contributed by atoms with Gasteiger partial charge in [0.1, 0.15) is 0 Å². The van der Waals surface area contributed by atoms with E-state index in [-0.39, 0.29) is 0 Å². The molecule has 0 amide bonds. The van der Waals surface area contributed by atoms with E-state index >= 15 is 0 Å². The minimum atomic E-state index is 0.614. The highest BCUT2D eigenvalue weighted by atomic mass is 32.1. The molecule has 4 heteroatoms. The van der Waals surface area contributed by atoms with E-state index in [1.807, 2.05) is 0 Å².